The molecule has 0 aliphatic carbocycles. The second-order valence-electron chi connectivity index (χ2n) is 12.3. The maximum atomic E-state index is 2.53. The quantitative estimate of drug-likeness (QED) is 0.0772. The molecule has 40 heavy (non-hydrogen) atoms. The molecule has 0 saturated carbocycles. The molecule has 0 aliphatic rings. The molecule has 0 atom stereocenters. The van der Waals surface area contributed by atoms with Gasteiger partial charge in [-0.3, -0.25) is 0 Å². The summed E-state index contributed by atoms with van der Waals surface area (Å²) in [4.78, 5) is 0. The van der Waals surface area contributed by atoms with Crippen molar-refractivity contribution < 1.29 is 9.13 Å². The number of hydrogen-bond acceptors (Lipinski definition) is 0. The van der Waals surface area contributed by atoms with Gasteiger partial charge in [0.1, 0.15) is 13.1 Å². The van der Waals surface area contributed by atoms with E-state index in [0.29, 0.717) is 0 Å². The number of aryl methyl sites for hydroxylation is 4. The first-order valence-corrected chi connectivity index (χ1v) is 17.8. The van der Waals surface area contributed by atoms with Crippen molar-refractivity contribution in [1.29, 1.82) is 0 Å². The van der Waals surface area contributed by atoms with Crippen LogP contribution in [-0.4, -0.2) is 0 Å². The molecule has 0 spiro atoms. The molecule has 0 bridgehead atoms. The first kappa shape index (κ1) is 34.5. The topological polar surface area (TPSA) is 7.76 Å². The van der Waals surface area contributed by atoms with Crippen LogP contribution in [0.3, 0.4) is 0 Å². The molecule has 2 heterocycles. The number of unbranched alkanes of at least 4 members (excludes halogenated alkanes) is 19. The van der Waals surface area contributed by atoms with Crippen LogP contribution in [0.2, 0.25) is 0 Å². The average molecular weight is 551 g/mol. The van der Waals surface area contributed by atoms with Gasteiger partial charge in [-0.15, -0.1) is 0 Å². The van der Waals surface area contributed by atoms with Crippen molar-refractivity contribution in [3.05, 3.63) is 60.2 Å². The first-order valence-electron chi connectivity index (χ1n) is 17.8. The maximum Gasteiger partial charge on any atom is 0.181 e. The fraction of sp³-hybridized carbons (Fsp3) is 0.737. The molecule has 0 fully saturated rings. The third-order valence-electron chi connectivity index (χ3n) is 8.69. The molecule has 0 N–H and O–H groups in total. The monoisotopic (exact) mass is 551 g/mol. The third-order valence-corrected chi connectivity index (χ3v) is 8.69. The molecule has 2 aromatic rings. The molecule has 2 heteroatoms. The average Bonchev–Trinajstić information content (AvgIpc) is 2.98. The van der Waals surface area contributed by atoms with Crippen LogP contribution < -0.4 is 9.13 Å². The minimum atomic E-state index is 1.18. The minimum Gasteiger partial charge on any atom is -0.202 e. The molecule has 2 rings (SSSR count). The van der Waals surface area contributed by atoms with E-state index in [1.807, 2.05) is 0 Å². The van der Waals surface area contributed by atoms with Gasteiger partial charge in [-0.05, 0) is 25.7 Å². The summed E-state index contributed by atoms with van der Waals surface area (Å²) in [6.07, 6.45) is 37.7. The molecular formula is C38H66N2+2. The van der Waals surface area contributed by atoms with Crippen LogP contribution in [0.4, 0.5) is 0 Å². The van der Waals surface area contributed by atoms with E-state index in [1.54, 1.807) is 0 Å². The molecule has 2 nitrogen and oxygen atoms in total. The lowest BCUT2D eigenvalue weighted by molar-refractivity contribution is -0.705. The summed E-state index contributed by atoms with van der Waals surface area (Å²) in [7, 11) is 0. The number of pyridine rings is 2. The van der Waals surface area contributed by atoms with Crippen LogP contribution in [0.1, 0.15) is 166 Å². The lowest BCUT2D eigenvalue weighted by Crippen LogP contribution is -2.38. The van der Waals surface area contributed by atoms with Crippen LogP contribution in [0.15, 0.2) is 48.8 Å². The molecule has 226 valence electrons. The van der Waals surface area contributed by atoms with Gasteiger partial charge in [-0.1, -0.05) is 129 Å². The SMILES string of the molecule is CCCCCCCCCCCC[n+]1ccccc1CCCCc1cccc[n+]1CCCCCCCCCCCC. The van der Waals surface area contributed by atoms with Gasteiger partial charge in [0.05, 0.1) is 0 Å². The Morgan fingerprint density at radius 2 is 0.700 bits per heavy atom. The Labute approximate surface area is 250 Å². The van der Waals surface area contributed by atoms with Gasteiger partial charge < -0.3 is 0 Å². The Bertz CT molecular complexity index is 760. The third kappa shape index (κ3) is 17.2. The van der Waals surface area contributed by atoms with Crippen LogP contribution in [0.5, 0.6) is 0 Å². The van der Waals surface area contributed by atoms with Crippen LogP contribution >= 0.6 is 0 Å². The Kier molecular flexibility index (Phi) is 21.6. The van der Waals surface area contributed by atoms with Gasteiger partial charge in [0.25, 0.3) is 0 Å². The molecule has 2 aromatic heterocycles. The van der Waals surface area contributed by atoms with Gasteiger partial charge in [0.2, 0.25) is 0 Å². The van der Waals surface area contributed by atoms with Crippen LogP contribution in [-0.2, 0) is 25.9 Å². The summed E-state index contributed by atoms with van der Waals surface area (Å²) < 4.78 is 5.05. The number of nitrogens with zero attached hydrogens (tertiary/aromatic N) is 2. The summed E-state index contributed by atoms with van der Waals surface area (Å²) in [6, 6.07) is 13.6. The zero-order valence-corrected chi connectivity index (χ0v) is 26.9. The van der Waals surface area contributed by atoms with Crippen LogP contribution in [0, 0.1) is 0 Å². The molecular weight excluding hydrogens is 484 g/mol. The van der Waals surface area contributed by atoms with Gasteiger partial charge in [0.15, 0.2) is 23.8 Å². The minimum absolute atomic E-state index is 1.18. The summed E-state index contributed by atoms with van der Waals surface area (Å²) in [5.74, 6) is 0. The van der Waals surface area contributed by atoms with Crippen molar-refractivity contribution in [2.75, 3.05) is 0 Å². The summed E-state index contributed by atoms with van der Waals surface area (Å²) in [5.41, 5.74) is 3.04. The number of rotatable bonds is 27. The largest absolute Gasteiger partial charge is 0.202 e. The Morgan fingerprint density at radius 3 is 1.05 bits per heavy atom. The van der Waals surface area contributed by atoms with E-state index in [1.165, 1.54) is 179 Å². The Hall–Kier alpha value is -1.70. The second-order valence-corrected chi connectivity index (χ2v) is 12.3. The zero-order valence-electron chi connectivity index (χ0n) is 26.9. The van der Waals surface area contributed by atoms with E-state index < -0.39 is 0 Å². The van der Waals surface area contributed by atoms with Crippen molar-refractivity contribution in [3.8, 4) is 0 Å². The van der Waals surface area contributed by atoms with Crippen molar-refractivity contribution in [2.24, 2.45) is 0 Å². The van der Waals surface area contributed by atoms with E-state index in [-0.39, 0.29) is 0 Å². The number of hydrogen-bond donors (Lipinski definition) is 0. The van der Waals surface area contributed by atoms with E-state index in [4.69, 9.17) is 0 Å². The predicted molar refractivity (Wildman–Crippen MR) is 174 cm³/mol. The highest BCUT2D eigenvalue weighted by Gasteiger charge is 2.12. The normalized spacial score (nSPS) is 11.3. The maximum absolute atomic E-state index is 2.53. The Morgan fingerprint density at radius 1 is 0.375 bits per heavy atom. The standard InChI is InChI=1S/C38H66N2/c1-3-5-7-9-11-13-15-17-19-25-33-39-35-27-23-31-37(39)29-21-22-30-38-32-24-28-36-40(38)34-26-20-18-16-14-12-10-8-6-4-2/h23-24,27-28,31-32,35-36H,3-22,25-26,29-30,33-34H2,1-2H3/q+2. The lowest BCUT2D eigenvalue weighted by Gasteiger charge is -2.06. The summed E-state index contributed by atoms with van der Waals surface area (Å²) in [5, 5.41) is 0. The van der Waals surface area contributed by atoms with Gasteiger partial charge in [-0.25, -0.2) is 9.13 Å². The molecule has 0 aliphatic heterocycles. The molecule has 0 unspecified atom stereocenters. The van der Waals surface area contributed by atoms with Gasteiger partial charge >= 0.3 is 0 Å². The van der Waals surface area contributed by atoms with E-state index >= 15 is 0 Å². The smallest absolute Gasteiger partial charge is 0.181 e. The second kappa shape index (κ2) is 25.0. The molecule has 0 saturated heterocycles. The van der Waals surface area contributed by atoms with Gasteiger partial charge in [0, 0.05) is 49.9 Å². The van der Waals surface area contributed by atoms with Gasteiger partial charge in [-0.2, -0.15) is 0 Å². The van der Waals surface area contributed by atoms with Crippen LogP contribution in [0.25, 0.3) is 0 Å². The van der Waals surface area contributed by atoms with Crippen molar-refractivity contribution in [2.45, 2.75) is 181 Å². The fourth-order valence-electron chi connectivity index (χ4n) is 6.06. The highest BCUT2D eigenvalue weighted by atomic mass is 15.0. The Balaban J connectivity index is 1.58. The summed E-state index contributed by atoms with van der Waals surface area (Å²) in [6.45, 7) is 6.97. The zero-order chi connectivity index (χ0) is 28.4. The highest BCUT2D eigenvalue weighted by molar-refractivity contribution is 4.99. The molecule has 0 amide bonds. The first-order chi connectivity index (χ1) is 19.8. The van der Waals surface area contributed by atoms with E-state index in [2.05, 4.69) is 71.8 Å². The molecule has 0 aromatic carbocycles. The highest BCUT2D eigenvalue weighted by Crippen LogP contribution is 2.12. The van der Waals surface area contributed by atoms with Crippen molar-refractivity contribution in [1.82, 2.24) is 0 Å². The predicted octanol–water partition coefficient (Wildman–Crippen LogP) is 10.7. The van der Waals surface area contributed by atoms with Crippen molar-refractivity contribution >= 4 is 0 Å². The van der Waals surface area contributed by atoms with Crippen molar-refractivity contribution in [3.63, 3.8) is 0 Å². The van der Waals surface area contributed by atoms with E-state index in [0.717, 1.165) is 0 Å². The lowest BCUT2D eigenvalue weighted by atomic mass is 10.1. The number of aromatic nitrogens is 2. The summed E-state index contributed by atoms with van der Waals surface area (Å²) >= 11 is 0. The molecule has 0 radical (unpaired) electrons. The van der Waals surface area contributed by atoms with E-state index in [9.17, 15) is 0 Å². The fourth-order valence-corrected chi connectivity index (χ4v) is 6.06.